The SMILES string of the molecule is Cc1ccc(C(N)c2nc(C)c(C)s2)cc1F. The van der Waals surface area contributed by atoms with Crippen molar-refractivity contribution in [2.24, 2.45) is 5.73 Å². The first-order valence-electron chi connectivity index (χ1n) is 5.44. The average Bonchev–Trinajstić information content (AvgIpc) is 2.62. The van der Waals surface area contributed by atoms with Crippen molar-refractivity contribution in [1.29, 1.82) is 0 Å². The Morgan fingerprint density at radius 2 is 2.00 bits per heavy atom. The summed E-state index contributed by atoms with van der Waals surface area (Å²) in [5, 5.41) is 0.836. The first-order chi connectivity index (χ1) is 7.99. The van der Waals surface area contributed by atoms with E-state index in [1.54, 1.807) is 24.3 Å². The van der Waals surface area contributed by atoms with Crippen molar-refractivity contribution in [3.63, 3.8) is 0 Å². The van der Waals surface area contributed by atoms with Crippen molar-refractivity contribution in [3.8, 4) is 0 Å². The van der Waals surface area contributed by atoms with E-state index in [1.165, 1.54) is 6.07 Å². The van der Waals surface area contributed by atoms with E-state index in [2.05, 4.69) is 4.98 Å². The molecule has 0 aliphatic heterocycles. The summed E-state index contributed by atoms with van der Waals surface area (Å²) in [5.41, 5.74) is 8.49. The number of halogens is 1. The molecule has 2 N–H and O–H groups in total. The van der Waals surface area contributed by atoms with Crippen molar-refractivity contribution < 1.29 is 4.39 Å². The van der Waals surface area contributed by atoms with Gasteiger partial charge in [-0.1, -0.05) is 12.1 Å². The van der Waals surface area contributed by atoms with Crippen LogP contribution in [0.15, 0.2) is 18.2 Å². The Labute approximate surface area is 104 Å². The molecule has 0 aliphatic carbocycles. The standard InChI is InChI=1S/C13H15FN2S/c1-7-4-5-10(6-11(7)14)12(15)13-16-8(2)9(3)17-13/h4-6,12H,15H2,1-3H3. The Bertz CT molecular complexity index is 529. The lowest BCUT2D eigenvalue weighted by Crippen LogP contribution is -2.12. The number of aryl methyl sites for hydroxylation is 3. The summed E-state index contributed by atoms with van der Waals surface area (Å²) in [6, 6.07) is 4.75. The lowest BCUT2D eigenvalue weighted by atomic mass is 10.1. The maximum Gasteiger partial charge on any atom is 0.126 e. The van der Waals surface area contributed by atoms with E-state index in [-0.39, 0.29) is 11.9 Å². The predicted molar refractivity (Wildman–Crippen MR) is 68.8 cm³/mol. The molecule has 1 heterocycles. The highest BCUT2D eigenvalue weighted by Crippen LogP contribution is 2.26. The van der Waals surface area contributed by atoms with Crippen molar-refractivity contribution in [2.45, 2.75) is 26.8 Å². The quantitative estimate of drug-likeness (QED) is 0.888. The molecule has 0 saturated heterocycles. The lowest BCUT2D eigenvalue weighted by Gasteiger charge is -2.09. The lowest BCUT2D eigenvalue weighted by molar-refractivity contribution is 0.614. The van der Waals surface area contributed by atoms with Crippen LogP contribution >= 0.6 is 11.3 Å². The molecule has 0 amide bonds. The molecule has 0 bridgehead atoms. The van der Waals surface area contributed by atoms with Gasteiger partial charge in [0.2, 0.25) is 0 Å². The molecule has 2 rings (SSSR count). The van der Waals surface area contributed by atoms with Crippen LogP contribution in [-0.2, 0) is 0 Å². The summed E-state index contributed by atoms with van der Waals surface area (Å²) in [6.07, 6.45) is 0. The summed E-state index contributed by atoms with van der Waals surface area (Å²) in [4.78, 5) is 5.57. The van der Waals surface area contributed by atoms with Gasteiger partial charge in [0, 0.05) is 4.88 Å². The minimum atomic E-state index is -0.345. The van der Waals surface area contributed by atoms with Gasteiger partial charge in [0.05, 0.1) is 11.7 Å². The van der Waals surface area contributed by atoms with Gasteiger partial charge in [-0.2, -0.15) is 0 Å². The van der Waals surface area contributed by atoms with Crippen molar-refractivity contribution in [2.75, 3.05) is 0 Å². The van der Waals surface area contributed by atoms with Gasteiger partial charge in [-0.15, -0.1) is 11.3 Å². The maximum absolute atomic E-state index is 13.5. The zero-order valence-corrected chi connectivity index (χ0v) is 10.9. The molecule has 1 unspecified atom stereocenters. The van der Waals surface area contributed by atoms with Gasteiger partial charge in [-0.3, -0.25) is 0 Å². The van der Waals surface area contributed by atoms with Crippen LogP contribution in [0, 0.1) is 26.6 Å². The number of benzene rings is 1. The van der Waals surface area contributed by atoms with Gasteiger partial charge < -0.3 is 5.73 Å². The first-order valence-corrected chi connectivity index (χ1v) is 6.26. The Hall–Kier alpha value is -1.26. The molecule has 2 aromatic rings. The largest absolute Gasteiger partial charge is 0.318 e. The monoisotopic (exact) mass is 250 g/mol. The summed E-state index contributed by atoms with van der Waals surface area (Å²) in [6.45, 7) is 5.71. The third-order valence-corrected chi connectivity index (χ3v) is 4.02. The highest BCUT2D eigenvalue weighted by Gasteiger charge is 2.15. The van der Waals surface area contributed by atoms with Crippen LogP contribution in [0.1, 0.15) is 32.7 Å². The van der Waals surface area contributed by atoms with E-state index >= 15 is 0 Å². The number of rotatable bonds is 2. The summed E-state index contributed by atoms with van der Waals surface area (Å²) < 4.78 is 13.5. The highest BCUT2D eigenvalue weighted by molar-refractivity contribution is 7.11. The molecule has 2 nitrogen and oxygen atoms in total. The minimum absolute atomic E-state index is 0.219. The predicted octanol–water partition coefficient (Wildman–Crippen LogP) is 3.26. The zero-order valence-electron chi connectivity index (χ0n) is 10.1. The second-order valence-corrected chi connectivity index (χ2v) is 5.41. The molecule has 90 valence electrons. The van der Waals surface area contributed by atoms with Crippen LogP contribution in [0.25, 0.3) is 0 Å². The molecule has 0 saturated carbocycles. The van der Waals surface area contributed by atoms with Gasteiger partial charge in [0.25, 0.3) is 0 Å². The van der Waals surface area contributed by atoms with E-state index < -0.39 is 0 Å². The van der Waals surface area contributed by atoms with Crippen LogP contribution in [-0.4, -0.2) is 4.98 Å². The number of thiazole rings is 1. The third kappa shape index (κ3) is 2.37. The molecule has 0 spiro atoms. The van der Waals surface area contributed by atoms with E-state index in [0.717, 1.165) is 21.1 Å². The van der Waals surface area contributed by atoms with Crippen LogP contribution in [0.2, 0.25) is 0 Å². The summed E-state index contributed by atoms with van der Waals surface area (Å²) in [5.74, 6) is -0.219. The molecule has 1 aromatic carbocycles. The van der Waals surface area contributed by atoms with E-state index in [9.17, 15) is 4.39 Å². The Morgan fingerprint density at radius 1 is 1.29 bits per heavy atom. The molecule has 1 aromatic heterocycles. The van der Waals surface area contributed by atoms with Gasteiger partial charge >= 0.3 is 0 Å². The normalized spacial score (nSPS) is 12.8. The highest BCUT2D eigenvalue weighted by atomic mass is 32.1. The molecule has 0 fully saturated rings. The van der Waals surface area contributed by atoms with E-state index in [0.29, 0.717) is 5.56 Å². The van der Waals surface area contributed by atoms with Crippen LogP contribution in [0.3, 0.4) is 0 Å². The van der Waals surface area contributed by atoms with Crippen LogP contribution < -0.4 is 5.73 Å². The average molecular weight is 250 g/mol. The molecule has 0 radical (unpaired) electrons. The first kappa shape index (κ1) is 12.2. The Balaban J connectivity index is 2.36. The third-order valence-electron chi connectivity index (χ3n) is 2.87. The number of nitrogens with zero attached hydrogens (tertiary/aromatic N) is 1. The molecular weight excluding hydrogens is 235 g/mol. The van der Waals surface area contributed by atoms with Gasteiger partial charge in [0.15, 0.2) is 0 Å². The molecule has 4 heteroatoms. The Morgan fingerprint density at radius 3 is 2.53 bits per heavy atom. The number of nitrogens with two attached hydrogens (primary N) is 1. The smallest absolute Gasteiger partial charge is 0.126 e. The van der Waals surface area contributed by atoms with Gasteiger partial charge in [-0.05, 0) is 38.0 Å². The second-order valence-electron chi connectivity index (χ2n) is 4.18. The van der Waals surface area contributed by atoms with E-state index in [1.807, 2.05) is 19.9 Å². The van der Waals surface area contributed by atoms with Gasteiger partial charge in [-0.25, -0.2) is 9.37 Å². The topological polar surface area (TPSA) is 38.9 Å². The fourth-order valence-electron chi connectivity index (χ4n) is 1.58. The molecule has 17 heavy (non-hydrogen) atoms. The fraction of sp³-hybridized carbons (Fsp3) is 0.308. The maximum atomic E-state index is 13.5. The zero-order chi connectivity index (χ0) is 12.6. The van der Waals surface area contributed by atoms with Crippen LogP contribution in [0.4, 0.5) is 4.39 Å². The summed E-state index contributed by atoms with van der Waals surface area (Å²) >= 11 is 1.57. The van der Waals surface area contributed by atoms with Crippen molar-refractivity contribution >= 4 is 11.3 Å². The Kier molecular flexibility index (Phi) is 3.26. The molecule has 1 atom stereocenters. The number of hydrogen-bond acceptors (Lipinski definition) is 3. The van der Waals surface area contributed by atoms with Crippen molar-refractivity contribution in [1.82, 2.24) is 4.98 Å². The second kappa shape index (κ2) is 4.55. The van der Waals surface area contributed by atoms with Crippen LogP contribution in [0.5, 0.6) is 0 Å². The number of hydrogen-bond donors (Lipinski definition) is 1. The molecular formula is C13H15FN2S. The fourth-order valence-corrected chi connectivity index (χ4v) is 2.53. The number of aromatic nitrogens is 1. The van der Waals surface area contributed by atoms with Crippen molar-refractivity contribution in [3.05, 3.63) is 50.7 Å². The minimum Gasteiger partial charge on any atom is -0.318 e. The summed E-state index contributed by atoms with van der Waals surface area (Å²) in [7, 11) is 0. The molecule has 0 aliphatic rings. The van der Waals surface area contributed by atoms with E-state index in [4.69, 9.17) is 5.73 Å². The van der Waals surface area contributed by atoms with Gasteiger partial charge in [0.1, 0.15) is 10.8 Å².